The molecule has 16 heavy (non-hydrogen) atoms. The molecule has 0 N–H and O–H groups in total. The highest BCUT2D eigenvalue weighted by Crippen LogP contribution is 2.38. The number of amides is 1. The standard InChI is InChI=1S/C12H14BrNOS/c13-7-4-8-14-11(15)9-16-12(14)10-5-2-1-3-6-10/h1-3,5-6,12H,4,7-9H2. The number of hydrogen-bond donors (Lipinski definition) is 0. The van der Waals surface area contributed by atoms with Crippen molar-refractivity contribution in [2.75, 3.05) is 17.6 Å². The fraction of sp³-hybridized carbons (Fsp3) is 0.417. The SMILES string of the molecule is O=C1CSC(c2ccccc2)N1CCCBr. The van der Waals surface area contributed by atoms with Crippen LogP contribution >= 0.6 is 27.7 Å². The van der Waals surface area contributed by atoms with Crippen LogP contribution in [0.25, 0.3) is 0 Å². The highest BCUT2D eigenvalue weighted by atomic mass is 79.9. The lowest BCUT2D eigenvalue weighted by Crippen LogP contribution is -2.29. The van der Waals surface area contributed by atoms with E-state index in [1.54, 1.807) is 11.8 Å². The van der Waals surface area contributed by atoms with E-state index in [4.69, 9.17) is 0 Å². The van der Waals surface area contributed by atoms with E-state index in [2.05, 4.69) is 28.1 Å². The normalized spacial score (nSPS) is 20.4. The third-order valence-corrected chi connectivity index (χ3v) is 4.40. The quantitative estimate of drug-likeness (QED) is 0.797. The Morgan fingerprint density at radius 1 is 1.38 bits per heavy atom. The summed E-state index contributed by atoms with van der Waals surface area (Å²) >= 11 is 5.13. The molecule has 0 aromatic heterocycles. The van der Waals surface area contributed by atoms with Gasteiger partial charge in [-0.1, -0.05) is 46.3 Å². The van der Waals surface area contributed by atoms with Gasteiger partial charge in [0, 0.05) is 11.9 Å². The van der Waals surface area contributed by atoms with Crippen LogP contribution in [0, 0.1) is 0 Å². The Kier molecular flexibility index (Phi) is 4.29. The van der Waals surface area contributed by atoms with E-state index in [9.17, 15) is 4.79 Å². The van der Waals surface area contributed by atoms with E-state index in [0.29, 0.717) is 5.75 Å². The summed E-state index contributed by atoms with van der Waals surface area (Å²) in [6.45, 7) is 0.844. The number of rotatable bonds is 4. The number of benzene rings is 1. The smallest absolute Gasteiger partial charge is 0.233 e. The van der Waals surface area contributed by atoms with Crippen LogP contribution in [0.15, 0.2) is 30.3 Å². The Bertz CT molecular complexity index is 357. The molecule has 1 fully saturated rings. The van der Waals surface area contributed by atoms with Gasteiger partial charge < -0.3 is 4.90 Å². The molecule has 1 aromatic rings. The van der Waals surface area contributed by atoms with Crippen LogP contribution in [0.5, 0.6) is 0 Å². The maximum atomic E-state index is 11.8. The number of alkyl halides is 1. The summed E-state index contributed by atoms with van der Waals surface area (Å²) < 4.78 is 0. The van der Waals surface area contributed by atoms with Gasteiger partial charge in [-0.2, -0.15) is 0 Å². The second-order valence-corrected chi connectivity index (χ2v) is 5.57. The van der Waals surface area contributed by atoms with Gasteiger partial charge in [-0.05, 0) is 12.0 Å². The van der Waals surface area contributed by atoms with Gasteiger partial charge in [-0.3, -0.25) is 4.79 Å². The van der Waals surface area contributed by atoms with Crippen LogP contribution in [0.1, 0.15) is 17.4 Å². The molecule has 1 aromatic carbocycles. The number of halogens is 1. The zero-order chi connectivity index (χ0) is 11.4. The van der Waals surface area contributed by atoms with E-state index < -0.39 is 0 Å². The van der Waals surface area contributed by atoms with Crippen molar-refractivity contribution >= 4 is 33.6 Å². The first kappa shape index (κ1) is 12.0. The van der Waals surface area contributed by atoms with E-state index in [1.165, 1.54) is 5.56 Å². The molecule has 0 spiro atoms. The minimum absolute atomic E-state index is 0.216. The van der Waals surface area contributed by atoms with Crippen LogP contribution in [-0.4, -0.2) is 28.4 Å². The first-order chi connectivity index (χ1) is 7.83. The summed E-state index contributed by atoms with van der Waals surface area (Å²) in [5, 5.41) is 1.16. The van der Waals surface area contributed by atoms with E-state index in [0.717, 1.165) is 18.3 Å². The van der Waals surface area contributed by atoms with Gasteiger partial charge in [-0.25, -0.2) is 0 Å². The Balaban J connectivity index is 2.11. The fourth-order valence-electron chi connectivity index (χ4n) is 1.82. The minimum atomic E-state index is 0.216. The number of carbonyl (C=O) groups is 1. The lowest BCUT2D eigenvalue weighted by atomic mass is 10.2. The molecule has 1 unspecified atom stereocenters. The summed E-state index contributed by atoms with van der Waals surface area (Å²) in [5.41, 5.74) is 1.23. The summed E-state index contributed by atoms with van der Waals surface area (Å²) in [5.74, 6) is 0.877. The molecule has 0 aliphatic carbocycles. The van der Waals surface area contributed by atoms with Crippen LogP contribution < -0.4 is 0 Å². The van der Waals surface area contributed by atoms with Crippen molar-refractivity contribution in [1.29, 1.82) is 0 Å². The summed E-state index contributed by atoms with van der Waals surface area (Å²) in [7, 11) is 0. The maximum Gasteiger partial charge on any atom is 0.233 e. The summed E-state index contributed by atoms with van der Waals surface area (Å²) in [4.78, 5) is 13.7. The Morgan fingerprint density at radius 2 is 2.12 bits per heavy atom. The van der Waals surface area contributed by atoms with Crippen LogP contribution in [0.2, 0.25) is 0 Å². The fourth-order valence-corrected chi connectivity index (χ4v) is 3.29. The number of carbonyl (C=O) groups excluding carboxylic acids is 1. The topological polar surface area (TPSA) is 20.3 Å². The number of hydrogen-bond acceptors (Lipinski definition) is 2. The van der Waals surface area contributed by atoms with E-state index in [1.807, 2.05) is 23.1 Å². The van der Waals surface area contributed by atoms with E-state index >= 15 is 0 Å². The molecule has 1 atom stereocenters. The average molecular weight is 300 g/mol. The van der Waals surface area contributed by atoms with Gasteiger partial charge in [-0.15, -0.1) is 11.8 Å². The Morgan fingerprint density at radius 3 is 2.81 bits per heavy atom. The molecule has 86 valence electrons. The molecule has 0 saturated carbocycles. The first-order valence-corrected chi connectivity index (χ1v) is 7.52. The van der Waals surface area contributed by atoms with Crippen molar-refractivity contribution in [2.24, 2.45) is 0 Å². The number of nitrogens with zero attached hydrogens (tertiary/aromatic N) is 1. The zero-order valence-electron chi connectivity index (χ0n) is 8.93. The highest BCUT2D eigenvalue weighted by molar-refractivity contribution is 9.09. The molecule has 2 rings (SSSR count). The molecular formula is C12H14BrNOS. The van der Waals surface area contributed by atoms with Gasteiger partial charge in [0.15, 0.2) is 0 Å². The monoisotopic (exact) mass is 299 g/mol. The second kappa shape index (κ2) is 5.73. The van der Waals surface area contributed by atoms with Gasteiger partial charge in [0.1, 0.15) is 5.37 Å². The zero-order valence-corrected chi connectivity index (χ0v) is 11.3. The van der Waals surface area contributed by atoms with Gasteiger partial charge in [0.25, 0.3) is 0 Å². The van der Waals surface area contributed by atoms with Gasteiger partial charge in [0.05, 0.1) is 5.75 Å². The minimum Gasteiger partial charge on any atom is -0.326 e. The lowest BCUT2D eigenvalue weighted by Gasteiger charge is -2.23. The maximum absolute atomic E-state index is 11.8. The average Bonchev–Trinajstić information content (AvgIpc) is 2.69. The molecule has 0 bridgehead atoms. The molecule has 2 nitrogen and oxygen atoms in total. The molecule has 1 amide bonds. The Labute approximate surface area is 109 Å². The third kappa shape index (κ3) is 2.61. The molecule has 4 heteroatoms. The molecule has 1 aliphatic heterocycles. The molecule has 1 aliphatic rings. The predicted octanol–water partition coefficient (Wildman–Crippen LogP) is 3.05. The lowest BCUT2D eigenvalue weighted by molar-refractivity contribution is -0.128. The molecule has 1 saturated heterocycles. The third-order valence-electron chi connectivity index (χ3n) is 2.59. The largest absolute Gasteiger partial charge is 0.326 e. The van der Waals surface area contributed by atoms with Gasteiger partial charge >= 0.3 is 0 Å². The van der Waals surface area contributed by atoms with Crippen molar-refractivity contribution in [3.63, 3.8) is 0 Å². The molecular weight excluding hydrogens is 286 g/mol. The first-order valence-electron chi connectivity index (χ1n) is 5.35. The second-order valence-electron chi connectivity index (χ2n) is 3.70. The van der Waals surface area contributed by atoms with Crippen LogP contribution in [0.3, 0.4) is 0 Å². The van der Waals surface area contributed by atoms with E-state index in [-0.39, 0.29) is 11.3 Å². The van der Waals surface area contributed by atoms with Crippen molar-refractivity contribution in [2.45, 2.75) is 11.8 Å². The van der Waals surface area contributed by atoms with Crippen molar-refractivity contribution in [1.82, 2.24) is 4.90 Å². The van der Waals surface area contributed by atoms with Gasteiger partial charge in [0.2, 0.25) is 5.91 Å². The summed E-state index contributed by atoms with van der Waals surface area (Å²) in [6.07, 6.45) is 1.01. The highest BCUT2D eigenvalue weighted by Gasteiger charge is 2.31. The Hall–Kier alpha value is -0.480. The summed E-state index contributed by atoms with van der Waals surface area (Å²) in [6, 6.07) is 10.3. The number of thioether (sulfide) groups is 1. The predicted molar refractivity (Wildman–Crippen MR) is 71.8 cm³/mol. The molecule has 1 heterocycles. The van der Waals surface area contributed by atoms with Crippen LogP contribution in [-0.2, 0) is 4.79 Å². The van der Waals surface area contributed by atoms with Crippen molar-refractivity contribution in [3.8, 4) is 0 Å². The van der Waals surface area contributed by atoms with Crippen molar-refractivity contribution < 1.29 is 4.79 Å². The van der Waals surface area contributed by atoms with Crippen molar-refractivity contribution in [3.05, 3.63) is 35.9 Å². The van der Waals surface area contributed by atoms with Crippen LogP contribution in [0.4, 0.5) is 0 Å². The molecule has 0 radical (unpaired) electrons.